The minimum absolute atomic E-state index is 0.122. The molecule has 2 aromatic heterocycles. The second-order valence-corrected chi connectivity index (χ2v) is 5.44. The van der Waals surface area contributed by atoms with Crippen molar-refractivity contribution in [3.8, 4) is 0 Å². The van der Waals surface area contributed by atoms with Crippen molar-refractivity contribution in [2.24, 2.45) is 0 Å². The fourth-order valence-corrected chi connectivity index (χ4v) is 3.11. The molecule has 0 spiro atoms. The van der Waals surface area contributed by atoms with Crippen LogP contribution in [-0.4, -0.2) is 43.7 Å². The molecule has 0 N–H and O–H groups in total. The first-order valence-corrected chi connectivity index (χ1v) is 7.37. The molecule has 2 aromatic rings. The quantitative estimate of drug-likeness (QED) is 0.810. The summed E-state index contributed by atoms with van der Waals surface area (Å²) in [5.74, 6) is 1.17. The van der Waals surface area contributed by atoms with Crippen LogP contribution in [0.4, 0.5) is 0 Å². The van der Waals surface area contributed by atoms with Crippen molar-refractivity contribution in [2.45, 2.75) is 38.7 Å². The summed E-state index contributed by atoms with van der Waals surface area (Å²) in [5.41, 5.74) is 2.64. The molecule has 0 aliphatic carbocycles. The Morgan fingerprint density at radius 3 is 2.75 bits per heavy atom. The molecule has 20 heavy (non-hydrogen) atoms. The number of likely N-dealkylation sites (N-methyl/N-ethyl adjacent to an activating group) is 1. The molecule has 0 bridgehead atoms. The van der Waals surface area contributed by atoms with Gasteiger partial charge in [-0.25, -0.2) is 9.67 Å². The molecular formula is C13H18ClN5O. The number of alkyl halides is 1. The van der Waals surface area contributed by atoms with E-state index in [2.05, 4.69) is 10.1 Å². The maximum Gasteiger partial charge on any atom is 0.245 e. The number of aryl methyl sites for hydroxylation is 2. The summed E-state index contributed by atoms with van der Waals surface area (Å²) in [5, 5.41) is 4.49. The number of aromatic nitrogens is 4. The SMILES string of the molecule is CCn1nc(C)c2nc(CCl)n(C3CCN(C)C3=O)c21. The van der Waals surface area contributed by atoms with Crippen LogP contribution in [0.5, 0.6) is 0 Å². The first-order valence-electron chi connectivity index (χ1n) is 6.83. The molecule has 1 aliphatic heterocycles. The lowest BCUT2D eigenvalue weighted by Crippen LogP contribution is -2.25. The van der Waals surface area contributed by atoms with Crippen molar-refractivity contribution in [3.05, 3.63) is 11.5 Å². The Hall–Kier alpha value is -1.56. The van der Waals surface area contributed by atoms with E-state index < -0.39 is 0 Å². The number of carbonyl (C=O) groups is 1. The Balaban J connectivity index is 2.24. The summed E-state index contributed by atoms with van der Waals surface area (Å²) >= 11 is 6.03. The van der Waals surface area contributed by atoms with Crippen molar-refractivity contribution >= 4 is 28.7 Å². The fourth-order valence-electron chi connectivity index (χ4n) is 2.92. The van der Waals surface area contributed by atoms with E-state index in [0.29, 0.717) is 5.88 Å². The number of likely N-dealkylation sites (tertiary alicyclic amines) is 1. The molecule has 1 saturated heterocycles. The van der Waals surface area contributed by atoms with Gasteiger partial charge in [0, 0.05) is 20.1 Å². The number of imidazole rings is 1. The van der Waals surface area contributed by atoms with Crippen molar-refractivity contribution in [1.29, 1.82) is 0 Å². The number of fused-ring (bicyclic) bond motifs is 1. The van der Waals surface area contributed by atoms with Crippen LogP contribution >= 0.6 is 11.6 Å². The van der Waals surface area contributed by atoms with Crippen LogP contribution in [-0.2, 0) is 17.2 Å². The predicted molar refractivity (Wildman–Crippen MR) is 76.8 cm³/mol. The average Bonchev–Trinajstić information content (AvgIpc) is 3.06. The lowest BCUT2D eigenvalue weighted by atomic mass is 10.2. The van der Waals surface area contributed by atoms with Crippen molar-refractivity contribution < 1.29 is 4.79 Å². The first kappa shape index (κ1) is 13.4. The van der Waals surface area contributed by atoms with Gasteiger partial charge in [-0.05, 0) is 20.3 Å². The van der Waals surface area contributed by atoms with Crippen molar-refractivity contribution in [1.82, 2.24) is 24.2 Å². The number of hydrogen-bond donors (Lipinski definition) is 0. The molecule has 0 aromatic carbocycles. The number of carbonyl (C=O) groups excluding carboxylic acids is 1. The topological polar surface area (TPSA) is 56.0 Å². The Morgan fingerprint density at radius 1 is 1.45 bits per heavy atom. The highest BCUT2D eigenvalue weighted by Crippen LogP contribution is 2.30. The number of amides is 1. The first-order chi connectivity index (χ1) is 9.58. The van der Waals surface area contributed by atoms with Gasteiger partial charge < -0.3 is 4.90 Å². The smallest absolute Gasteiger partial charge is 0.245 e. The molecule has 1 fully saturated rings. The molecule has 7 heteroatoms. The summed E-state index contributed by atoms with van der Waals surface area (Å²) in [6.07, 6.45) is 0.790. The van der Waals surface area contributed by atoms with E-state index in [1.54, 1.807) is 4.90 Å². The van der Waals surface area contributed by atoms with Crippen LogP contribution in [0.15, 0.2) is 0 Å². The molecule has 6 nitrogen and oxygen atoms in total. The monoisotopic (exact) mass is 295 g/mol. The normalized spacial score (nSPS) is 19.5. The molecule has 1 aliphatic rings. The standard InChI is InChI=1S/C13H18ClN5O/c1-4-18-12-11(8(2)16-18)15-10(7-14)19(12)9-5-6-17(3)13(9)20/h9H,4-7H2,1-3H3. The summed E-state index contributed by atoms with van der Waals surface area (Å²) in [4.78, 5) is 18.7. The molecule has 0 radical (unpaired) electrons. The average molecular weight is 296 g/mol. The Labute approximate surface area is 122 Å². The van der Waals surface area contributed by atoms with Crippen LogP contribution in [0, 0.1) is 6.92 Å². The Kier molecular flexibility index (Phi) is 3.20. The minimum Gasteiger partial charge on any atom is -0.344 e. The number of halogens is 1. The zero-order valence-corrected chi connectivity index (χ0v) is 12.7. The maximum absolute atomic E-state index is 12.3. The second kappa shape index (κ2) is 4.77. The zero-order valence-electron chi connectivity index (χ0n) is 11.9. The molecule has 1 atom stereocenters. The van der Waals surface area contributed by atoms with Gasteiger partial charge in [-0.15, -0.1) is 11.6 Å². The highest BCUT2D eigenvalue weighted by molar-refractivity contribution is 6.17. The van der Waals surface area contributed by atoms with Gasteiger partial charge in [-0.1, -0.05) is 0 Å². The van der Waals surface area contributed by atoms with E-state index in [1.165, 1.54) is 0 Å². The third kappa shape index (κ3) is 1.74. The number of nitrogens with zero attached hydrogens (tertiary/aromatic N) is 5. The largest absolute Gasteiger partial charge is 0.344 e. The summed E-state index contributed by atoms with van der Waals surface area (Å²) in [6.45, 7) is 5.48. The summed E-state index contributed by atoms with van der Waals surface area (Å²) in [6, 6.07) is -0.208. The number of hydrogen-bond acceptors (Lipinski definition) is 3. The summed E-state index contributed by atoms with van der Waals surface area (Å²) < 4.78 is 3.89. The highest BCUT2D eigenvalue weighted by Gasteiger charge is 2.34. The van der Waals surface area contributed by atoms with E-state index in [4.69, 9.17) is 11.6 Å². The van der Waals surface area contributed by atoms with Gasteiger partial charge in [-0.2, -0.15) is 5.10 Å². The third-order valence-electron chi connectivity index (χ3n) is 3.95. The Bertz CT molecular complexity index is 674. The predicted octanol–water partition coefficient (Wildman–Crippen LogP) is 1.70. The van der Waals surface area contributed by atoms with Gasteiger partial charge in [0.25, 0.3) is 0 Å². The summed E-state index contributed by atoms with van der Waals surface area (Å²) in [7, 11) is 1.83. The van der Waals surface area contributed by atoms with E-state index in [-0.39, 0.29) is 11.9 Å². The molecular weight excluding hydrogens is 278 g/mol. The van der Waals surface area contributed by atoms with Gasteiger partial charge in [0.1, 0.15) is 17.4 Å². The van der Waals surface area contributed by atoms with Gasteiger partial charge in [0.15, 0.2) is 5.65 Å². The molecule has 0 saturated carbocycles. The molecule has 1 unspecified atom stereocenters. The maximum atomic E-state index is 12.3. The van der Waals surface area contributed by atoms with E-state index >= 15 is 0 Å². The van der Waals surface area contributed by atoms with Gasteiger partial charge in [0.2, 0.25) is 5.91 Å². The fraction of sp³-hybridized carbons (Fsp3) is 0.615. The van der Waals surface area contributed by atoms with Gasteiger partial charge >= 0.3 is 0 Å². The van der Waals surface area contributed by atoms with Crippen LogP contribution in [0.1, 0.15) is 30.9 Å². The lowest BCUT2D eigenvalue weighted by molar-refractivity contribution is -0.129. The van der Waals surface area contributed by atoms with Crippen molar-refractivity contribution in [2.75, 3.05) is 13.6 Å². The van der Waals surface area contributed by atoms with E-state index in [9.17, 15) is 4.79 Å². The van der Waals surface area contributed by atoms with Gasteiger partial charge in [-0.3, -0.25) is 9.36 Å². The number of rotatable bonds is 3. The molecule has 1 amide bonds. The highest BCUT2D eigenvalue weighted by atomic mass is 35.5. The van der Waals surface area contributed by atoms with E-state index in [1.807, 2.05) is 30.1 Å². The molecule has 3 heterocycles. The minimum atomic E-state index is -0.208. The second-order valence-electron chi connectivity index (χ2n) is 5.17. The zero-order chi connectivity index (χ0) is 14.4. The van der Waals surface area contributed by atoms with Crippen LogP contribution in [0.25, 0.3) is 11.2 Å². The lowest BCUT2D eigenvalue weighted by Gasteiger charge is -2.15. The van der Waals surface area contributed by atoms with Crippen LogP contribution < -0.4 is 0 Å². The van der Waals surface area contributed by atoms with Gasteiger partial charge in [0.05, 0.1) is 11.6 Å². The van der Waals surface area contributed by atoms with Crippen molar-refractivity contribution in [3.63, 3.8) is 0 Å². The van der Waals surface area contributed by atoms with Crippen LogP contribution in [0.2, 0.25) is 0 Å². The Morgan fingerprint density at radius 2 is 2.20 bits per heavy atom. The third-order valence-corrected chi connectivity index (χ3v) is 4.19. The molecule has 3 rings (SSSR count). The van der Waals surface area contributed by atoms with Crippen LogP contribution in [0.3, 0.4) is 0 Å². The van der Waals surface area contributed by atoms with E-state index in [0.717, 1.165) is 42.2 Å². The molecule has 108 valence electrons.